The Kier molecular flexibility index (Phi) is 8.43. The molecule has 35 heavy (non-hydrogen) atoms. The largest absolute Gasteiger partial charge is 0.493 e. The number of rotatable bonds is 9. The molecule has 3 aromatic rings. The number of benzene rings is 2. The van der Waals surface area contributed by atoms with E-state index in [-0.39, 0.29) is 17.6 Å². The number of aromatic nitrogens is 2. The molecule has 0 atom stereocenters. The first kappa shape index (κ1) is 24.8. The molecule has 1 fully saturated rings. The number of methoxy groups -OCH3 is 2. The van der Waals surface area contributed by atoms with Crippen LogP contribution < -0.4 is 19.7 Å². The highest BCUT2D eigenvalue weighted by atomic mass is 32.2. The summed E-state index contributed by atoms with van der Waals surface area (Å²) in [5.74, 6) is 1.52. The zero-order chi connectivity index (χ0) is 24.6. The standard InChI is InChI=1S/C24H27N5O4S2/c1-32-19-9-8-17(14-20(19)33-2)15-22(31)28-10-12-29(13-11-28)23-26-27-24(35-23)34-16-21(30)25-18-6-4-3-5-7-18/h3-9,14H,10-13,15-16H2,1-2H3,(H,25,30). The first-order valence-electron chi connectivity index (χ1n) is 11.1. The molecule has 0 spiro atoms. The van der Waals surface area contributed by atoms with Crippen molar-refractivity contribution in [2.75, 3.05) is 56.4 Å². The molecule has 0 radical (unpaired) electrons. The van der Waals surface area contributed by atoms with Gasteiger partial charge >= 0.3 is 0 Å². The maximum atomic E-state index is 12.8. The Labute approximate surface area is 212 Å². The van der Waals surface area contributed by atoms with Crippen molar-refractivity contribution in [3.63, 3.8) is 0 Å². The first-order chi connectivity index (χ1) is 17.1. The second kappa shape index (κ2) is 11.9. The Morgan fingerprint density at radius 3 is 2.46 bits per heavy atom. The number of anilines is 2. The summed E-state index contributed by atoms with van der Waals surface area (Å²) in [7, 11) is 3.17. The summed E-state index contributed by atoms with van der Waals surface area (Å²) in [6, 6.07) is 14.9. The summed E-state index contributed by atoms with van der Waals surface area (Å²) in [4.78, 5) is 29.0. The highest BCUT2D eigenvalue weighted by Gasteiger charge is 2.24. The van der Waals surface area contributed by atoms with Gasteiger partial charge in [0.1, 0.15) is 0 Å². The topological polar surface area (TPSA) is 96.9 Å². The fourth-order valence-electron chi connectivity index (χ4n) is 3.66. The van der Waals surface area contributed by atoms with Gasteiger partial charge in [-0.2, -0.15) is 0 Å². The van der Waals surface area contributed by atoms with Gasteiger partial charge in [-0.05, 0) is 29.8 Å². The molecule has 0 saturated carbocycles. The van der Waals surface area contributed by atoms with Crippen LogP contribution in [0.15, 0.2) is 52.9 Å². The summed E-state index contributed by atoms with van der Waals surface area (Å²) in [6.45, 7) is 2.61. The molecule has 1 aliphatic rings. The van der Waals surface area contributed by atoms with Crippen LogP contribution in [0.3, 0.4) is 0 Å². The fourth-order valence-corrected chi connectivity index (χ4v) is 5.35. The Balaban J connectivity index is 1.24. The third-order valence-corrected chi connectivity index (χ3v) is 7.60. The highest BCUT2D eigenvalue weighted by molar-refractivity contribution is 8.01. The number of hydrogen-bond donors (Lipinski definition) is 1. The molecule has 2 heterocycles. The van der Waals surface area contributed by atoms with Gasteiger partial charge in [0.25, 0.3) is 0 Å². The van der Waals surface area contributed by atoms with Crippen LogP contribution >= 0.6 is 23.1 Å². The van der Waals surface area contributed by atoms with Gasteiger partial charge in [0, 0.05) is 31.9 Å². The SMILES string of the molecule is COc1ccc(CC(=O)N2CCN(c3nnc(SCC(=O)Nc4ccccc4)s3)CC2)cc1OC. The monoisotopic (exact) mass is 513 g/mol. The van der Waals surface area contributed by atoms with Crippen molar-refractivity contribution >= 4 is 45.7 Å². The zero-order valence-electron chi connectivity index (χ0n) is 19.6. The predicted octanol–water partition coefficient (Wildman–Crippen LogP) is 3.18. The minimum absolute atomic E-state index is 0.0785. The van der Waals surface area contributed by atoms with Gasteiger partial charge < -0.3 is 24.6 Å². The molecule has 0 aliphatic carbocycles. The maximum absolute atomic E-state index is 12.8. The third-order valence-electron chi connectivity index (χ3n) is 5.49. The number of nitrogens with zero attached hydrogens (tertiary/aromatic N) is 4. The lowest BCUT2D eigenvalue weighted by Gasteiger charge is -2.34. The summed E-state index contributed by atoms with van der Waals surface area (Å²) >= 11 is 2.83. The molecule has 184 valence electrons. The van der Waals surface area contributed by atoms with Gasteiger partial charge in [0.2, 0.25) is 16.9 Å². The minimum atomic E-state index is -0.0837. The van der Waals surface area contributed by atoms with Crippen LogP contribution in [0.5, 0.6) is 11.5 Å². The number of hydrogen-bond acceptors (Lipinski definition) is 9. The molecule has 2 amide bonds. The molecular formula is C24H27N5O4S2. The lowest BCUT2D eigenvalue weighted by atomic mass is 10.1. The van der Waals surface area contributed by atoms with Crippen molar-refractivity contribution < 1.29 is 19.1 Å². The molecular weight excluding hydrogens is 486 g/mol. The van der Waals surface area contributed by atoms with Gasteiger partial charge in [-0.25, -0.2) is 0 Å². The molecule has 11 heteroatoms. The van der Waals surface area contributed by atoms with Gasteiger partial charge in [0.15, 0.2) is 15.8 Å². The Morgan fingerprint density at radius 1 is 1.00 bits per heavy atom. The number of thioether (sulfide) groups is 1. The number of carbonyl (C=O) groups is 2. The van der Waals surface area contributed by atoms with E-state index in [1.165, 1.54) is 23.1 Å². The lowest BCUT2D eigenvalue weighted by Crippen LogP contribution is -2.49. The van der Waals surface area contributed by atoms with E-state index in [9.17, 15) is 9.59 Å². The van der Waals surface area contributed by atoms with Crippen molar-refractivity contribution in [2.24, 2.45) is 0 Å². The van der Waals surface area contributed by atoms with Crippen LogP contribution in [0.1, 0.15) is 5.56 Å². The van der Waals surface area contributed by atoms with Gasteiger partial charge in [-0.15, -0.1) is 10.2 Å². The van der Waals surface area contributed by atoms with E-state index < -0.39 is 0 Å². The van der Waals surface area contributed by atoms with Crippen LogP contribution in [0.25, 0.3) is 0 Å². The molecule has 1 N–H and O–H groups in total. The number of nitrogens with one attached hydrogen (secondary N) is 1. The fraction of sp³-hybridized carbons (Fsp3) is 0.333. The number of ether oxygens (including phenoxy) is 2. The molecule has 4 rings (SSSR count). The van der Waals surface area contributed by atoms with Crippen LogP contribution in [0.4, 0.5) is 10.8 Å². The third kappa shape index (κ3) is 6.64. The average Bonchev–Trinajstić information content (AvgIpc) is 3.37. The number of carbonyl (C=O) groups excluding carboxylic acids is 2. The number of piperazine rings is 1. The van der Waals surface area contributed by atoms with E-state index in [0.717, 1.165) is 20.7 Å². The minimum Gasteiger partial charge on any atom is -0.493 e. The summed E-state index contributed by atoms with van der Waals surface area (Å²) in [5.41, 5.74) is 1.66. The van der Waals surface area contributed by atoms with Crippen molar-refractivity contribution in [1.29, 1.82) is 0 Å². The van der Waals surface area contributed by atoms with E-state index >= 15 is 0 Å². The molecule has 0 bridgehead atoms. The quantitative estimate of drug-likeness (QED) is 0.436. The number of para-hydroxylation sites is 1. The van der Waals surface area contributed by atoms with Crippen LogP contribution in [0.2, 0.25) is 0 Å². The van der Waals surface area contributed by atoms with E-state index in [4.69, 9.17) is 9.47 Å². The lowest BCUT2D eigenvalue weighted by molar-refractivity contribution is -0.130. The molecule has 9 nitrogen and oxygen atoms in total. The molecule has 1 aromatic heterocycles. The van der Waals surface area contributed by atoms with Crippen molar-refractivity contribution in [3.8, 4) is 11.5 Å². The van der Waals surface area contributed by atoms with E-state index in [2.05, 4.69) is 20.4 Å². The van der Waals surface area contributed by atoms with Crippen LogP contribution in [0, 0.1) is 0 Å². The normalized spacial score (nSPS) is 13.4. The molecule has 2 aromatic carbocycles. The van der Waals surface area contributed by atoms with Gasteiger partial charge in [-0.1, -0.05) is 47.4 Å². The van der Waals surface area contributed by atoms with Crippen LogP contribution in [-0.2, 0) is 16.0 Å². The van der Waals surface area contributed by atoms with Gasteiger partial charge in [-0.3, -0.25) is 9.59 Å². The Bertz CT molecular complexity index is 1150. The summed E-state index contributed by atoms with van der Waals surface area (Å²) < 4.78 is 11.3. The van der Waals surface area contributed by atoms with Crippen molar-refractivity contribution in [3.05, 3.63) is 54.1 Å². The van der Waals surface area contributed by atoms with Crippen molar-refractivity contribution in [1.82, 2.24) is 15.1 Å². The van der Waals surface area contributed by atoms with E-state index in [1.54, 1.807) is 14.2 Å². The molecule has 1 saturated heterocycles. The van der Waals surface area contributed by atoms with E-state index in [0.29, 0.717) is 44.1 Å². The van der Waals surface area contributed by atoms with Gasteiger partial charge in [0.05, 0.1) is 26.4 Å². The second-order valence-electron chi connectivity index (χ2n) is 7.79. The predicted molar refractivity (Wildman–Crippen MR) is 138 cm³/mol. The molecule has 0 unspecified atom stereocenters. The van der Waals surface area contributed by atoms with Crippen LogP contribution in [-0.4, -0.2) is 73.1 Å². The zero-order valence-corrected chi connectivity index (χ0v) is 21.2. The second-order valence-corrected chi connectivity index (χ2v) is 9.97. The first-order valence-corrected chi connectivity index (χ1v) is 12.9. The van der Waals surface area contributed by atoms with Crippen molar-refractivity contribution in [2.45, 2.75) is 10.8 Å². The Morgan fingerprint density at radius 2 is 1.74 bits per heavy atom. The summed E-state index contributed by atoms with van der Waals surface area (Å²) in [5, 5.41) is 12.2. The summed E-state index contributed by atoms with van der Waals surface area (Å²) in [6.07, 6.45) is 0.311. The maximum Gasteiger partial charge on any atom is 0.234 e. The number of amides is 2. The highest BCUT2D eigenvalue weighted by Crippen LogP contribution is 2.30. The molecule has 1 aliphatic heterocycles. The van der Waals surface area contributed by atoms with E-state index in [1.807, 2.05) is 53.4 Å². The Hall–Kier alpha value is -3.31. The smallest absolute Gasteiger partial charge is 0.234 e. The average molecular weight is 514 g/mol.